The number of benzene rings is 3. The molecular formula is C23H16ClN3O5. The van der Waals surface area contributed by atoms with E-state index in [0.717, 1.165) is 4.90 Å². The van der Waals surface area contributed by atoms with Crippen LogP contribution < -0.4 is 9.96 Å². The maximum Gasteiger partial charge on any atom is 0.269 e. The largest absolute Gasteiger partial charge is 0.273 e. The molecule has 2 saturated heterocycles. The molecule has 2 amide bonds. The molecule has 3 aromatic carbocycles. The number of nitro benzene ring substituents is 1. The van der Waals surface area contributed by atoms with Crippen LogP contribution in [0.4, 0.5) is 17.1 Å². The number of carbonyl (C=O) groups is 2. The normalized spacial score (nSPS) is 22.3. The Morgan fingerprint density at radius 3 is 2.16 bits per heavy atom. The first kappa shape index (κ1) is 20.2. The number of hydroxylamine groups is 1. The number of anilines is 2. The van der Waals surface area contributed by atoms with Gasteiger partial charge in [0.05, 0.1) is 22.3 Å². The van der Waals surface area contributed by atoms with Crippen LogP contribution >= 0.6 is 11.6 Å². The second kappa shape index (κ2) is 7.74. The van der Waals surface area contributed by atoms with Gasteiger partial charge in [0.25, 0.3) is 11.6 Å². The second-order valence-electron chi connectivity index (χ2n) is 7.46. The van der Waals surface area contributed by atoms with Gasteiger partial charge in [-0.05, 0) is 35.9 Å². The van der Waals surface area contributed by atoms with Gasteiger partial charge < -0.3 is 0 Å². The molecule has 0 saturated carbocycles. The van der Waals surface area contributed by atoms with E-state index >= 15 is 0 Å². The number of nitro groups is 1. The van der Waals surface area contributed by atoms with Gasteiger partial charge in [0.1, 0.15) is 5.92 Å². The van der Waals surface area contributed by atoms with Crippen LogP contribution in [0.25, 0.3) is 0 Å². The van der Waals surface area contributed by atoms with Gasteiger partial charge in [-0.3, -0.25) is 24.5 Å². The smallest absolute Gasteiger partial charge is 0.269 e. The van der Waals surface area contributed by atoms with Crippen LogP contribution in [0, 0.1) is 16.0 Å². The first-order chi connectivity index (χ1) is 15.5. The lowest BCUT2D eigenvalue weighted by Gasteiger charge is -2.29. The average molecular weight is 450 g/mol. The number of imide groups is 1. The van der Waals surface area contributed by atoms with Crippen molar-refractivity contribution in [1.82, 2.24) is 0 Å². The number of carbonyl (C=O) groups excluding carboxylic acids is 2. The Morgan fingerprint density at radius 1 is 0.844 bits per heavy atom. The van der Waals surface area contributed by atoms with Crippen molar-refractivity contribution in [2.45, 2.75) is 12.1 Å². The third-order valence-corrected chi connectivity index (χ3v) is 6.01. The zero-order valence-electron chi connectivity index (χ0n) is 16.5. The van der Waals surface area contributed by atoms with E-state index in [1.165, 1.54) is 24.3 Å². The number of amides is 2. The molecule has 0 radical (unpaired) electrons. The number of non-ortho nitro benzene ring substituents is 1. The van der Waals surface area contributed by atoms with E-state index in [0.29, 0.717) is 16.3 Å². The summed E-state index contributed by atoms with van der Waals surface area (Å²) in [4.78, 5) is 44.2. The topological polar surface area (TPSA) is 93.0 Å². The molecule has 0 aliphatic carbocycles. The summed E-state index contributed by atoms with van der Waals surface area (Å²) in [6.07, 6.45) is -1.04. The fourth-order valence-corrected chi connectivity index (χ4v) is 4.47. The highest BCUT2D eigenvalue weighted by molar-refractivity contribution is 6.31. The van der Waals surface area contributed by atoms with Gasteiger partial charge in [-0.15, -0.1) is 0 Å². The summed E-state index contributed by atoms with van der Waals surface area (Å²) < 4.78 is 0. The highest BCUT2D eigenvalue weighted by atomic mass is 35.5. The monoisotopic (exact) mass is 449 g/mol. The number of halogens is 1. The molecule has 0 spiro atoms. The lowest BCUT2D eigenvalue weighted by atomic mass is 9.90. The Balaban J connectivity index is 1.57. The Hall–Kier alpha value is -3.75. The van der Waals surface area contributed by atoms with Crippen LogP contribution in [0.1, 0.15) is 11.6 Å². The fourth-order valence-electron chi connectivity index (χ4n) is 4.22. The Bertz CT molecular complexity index is 1220. The first-order valence-electron chi connectivity index (χ1n) is 9.85. The van der Waals surface area contributed by atoms with Crippen LogP contribution in [0.2, 0.25) is 5.02 Å². The van der Waals surface area contributed by atoms with Crippen molar-refractivity contribution in [3.8, 4) is 0 Å². The lowest BCUT2D eigenvalue weighted by Crippen LogP contribution is -2.37. The summed E-state index contributed by atoms with van der Waals surface area (Å²) in [6.45, 7) is 0. The minimum absolute atomic E-state index is 0.131. The van der Waals surface area contributed by atoms with Gasteiger partial charge in [-0.25, -0.2) is 9.96 Å². The van der Waals surface area contributed by atoms with Gasteiger partial charge in [0.15, 0.2) is 6.10 Å². The minimum Gasteiger partial charge on any atom is -0.273 e. The molecule has 0 N–H and O–H groups in total. The van der Waals surface area contributed by atoms with Crippen LogP contribution in [0.15, 0.2) is 78.9 Å². The summed E-state index contributed by atoms with van der Waals surface area (Å²) >= 11 is 6.48. The highest BCUT2D eigenvalue weighted by Crippen LogP contribution is 2.48. The Kier molecular flexibility index (Phi) is 4.88. The molecule has 160 valence electrons. The van der Waals surface area contributed by atoms with Crippen molar-refractivity contribution >= 4 is 40.5 Å². The van der Waals surface area contributed by atoms with Crippen LogP contribution in [0.3, 0.4) is 0 Å². The molecule has 5 rings (SSSR count). The third kappa shape index (κ3) is 3.12. The molecular weight excluding hydrogens is 434 g/mol. The molecule has 9 heteroatoms. The van der Waals surface area contributed by atoms with Crippen LogP contribution in [-0.2, 0) is 14.4 Å². The molecule has 0 bridgehead atoms. The molecule has 8 nitrogen and oxygen atoms in total. The summed E-state index contributed by atoms with van der Waals surface area (Å²) in [5.41, 5.74) is 1.48. The quantitative estimate of drug-likeness (QED) is 0.335. The lowest BCUT2D eigenvalue weighted by molar-refractivity contribution is -0.384. The zero-order chi connectivity index (χ0) is 22.4. The SMILES string of the molecule is O=C1C2ON(c3ccccc3)C(c3ccccc3Cl)C2C(=O)N1c1ccc([N+](=O)[O-])cc1. The van der Waals surface area contributed by atoms with E-state index in [4.69, 9.17) is 16.4 Å². The van der Waals surface area contributed by atoms with Crippen molar-refractivity contribution < 1.29 is 19.3 Å². The predicted molar refractivity (Wildman–Crippen MR) is 117 cm³/mol. The molecule has 3 unspecified atom stereocenters. The number of nitrogens with zero attached hydrogens (tertiary/aromatic N) is 3. The predicted octanol–water partition coefficient (Wildman–Crippen LogP) is 4.30. The van der Waals surface area contributed by atoms with Gasteiger partial charge in [-0.2, -0.15) is 0 Å². The number of rotatable bonds is 4. The van der Waals surface area contributed by atoms with Gasteiger partial charge >= 0.3 is 0 Å². The highest BCUT2D eigenvalue weighted by Gasteiger charge is 2.60. The summed E-state index contributed by atoms with van der Waals surface area (Å²) in [6, 6.07) is 21.0. The van der Waals surface area contributed by atoms with E-state index in [1.54, 1.807) is 23.3 Å². The number of hydrogen-bond acceptors (Lipinski definition) is 6. The first-order valence-corrected chi connectivity index (χ1v) is 10.2. The Labute approximate surface area is 187 Å². The molecule has 3 aromatic rings. The second-order valence-corrected chi connectivity index (χ2v) is 7.87. The summed E-state index contributed by atoms with van der Waals surface area (Å²) in [5.74, 6) is -1.81. The Morgan fingerprint density at radius 2 is 1.50 bits per heavy atom. The van der Waals surface area contributed by atoms with Gasteiger partial charge in [-0.1, -0.05) is 48.0 Å². The minimum atomic E-state index is -1.04. The zero-order valence-corrected chi connectivity index (χ0v) is 17.3. The van der Waals surface area contributed by atoms with E-state index in [2.05, 4.69) is 0 Å². The molecule has 2 heterocycles. The van der Waals surface area contributed by atoms with Crippen LogP contribution in [0.5, 0.6) is 0 Å². The van der Waals surface area contributed by atoms with Crippen molar-refractivity contribution in [2.24, 2.45) is 5.92 Å². The van der Waals surface area contributed by atoms with Crippen molar-refractivity contribution in [3.63, 3.8) is 0 Å². The van der Waals surface area contributed by atoms with Crippen LogP contribution in [-0.4, -0.2) is 22.8 Å². The van der Waals surface area contributed by atoms with E-state index < -0.39 is 34.8 Å². The summed E-state index contributed by atoms with van der Waals surface area (Å²) in [7, 11) is 0. The van der Waals surface area contributed by atoms with E-state index in [-0.39, 0.29) is 11.4 Å². The fraction of sp³-hybridized carbons (Fsp3) is 0.130. The van der Waals surface area contributed by atoms with Gasteiger partial charge in [0, 0.05) is 17.2 Å². The number of para-hydroxylation sites is 1. The molecule has 2 aliphatic heterocycles. The van der Waals surface area contributed by atoms with E-state index in [1.807, 2.05) is 36.4 Å². The molecule has 3 atom stereocenters. The molecule has 32 heavy (non-hydrogen) atoms. The average Bonchev–Trinajstić information content (AvgIpc) is 3.31. The van der Waals surface area contributed by atoms with E-state index in [9.17, 15) is 19.7 Å². The van der Waals surface area contributed by atoms with Crippen molar-refractivity contribution in [3.05, 3.63) is 99.6 Å². The number of hydrogen-bond donors (Lipinski definition) is 0. The molecule has 0 aromatic heterocycles. The third-order valence-electron chi connectivity index (χ3n) is 5.67. The number of fused-ring (bicyclic) bond motifs is 1. The molecule has 2 fully saturated rings. The van der Waals surface area contributed by atoms with Gasteiger partial charge in [0.2, 0.25) is 5.91 Å². The molecule has 2 aliphatic rings. The van der Waals surface area contributed by atoms with Crippen molar-refractivity contribution in [1.29, 1.82) is 0 Å². The standard InChI is InChI=1S/C23H16ClN3O5/c24-18-9-5-4-8-17(18)20-19-21(32-26(20)15-6-2-1-3-7-15)23(29)25(22(19)28)14-10-12-16(13-11-14)27(30)31/h1-13,19-21H. The maximum atomic E-state index is 13.5. The summed E-state index contributed by atoms with van der Waals surface area (Å²) in [5, 5.41) is 13.0. The maximum absolute atomic E-state index is 13.5. The van der Waals surface area contributed by atoms with Crippen molar-refractivity contribution in [2.75, 3.05) is 9.96 Å².